The second kappa shape index (κ2) is 2.59. The molecule has 0 aliphatic heterocycles. The molecule has 2 aliphatic carbocycles. The molecule has 1 N–H and O–H groups in total. The summed E-state index contributed by atoms with van der Waals surface area (Å²) in [6.45, 7) is 4.58. The van der Waals surface area contributed by atoms with Gasteiger partial charge in [-0.2, -0.15) is 0 Å². The Morgan fingerprint density at radius 1 is 1.42 bits per heavy atom. The fourth-order valence-electron chi connectivity index (χ4n) is 2.99. The minimum Gasteiger partial charge on any atom is -0.392 e. The van der Waals surface area contributed by atoms with Gasteiger partial charge in [-0.05, 0) is 30.6 Å². The first-order valence-electron chi connectivity index (χ1n) is 4.96. The summed E-state index contributed by atoms with van der Waals surface area (Å²) >= 11 is 0. The van der Waals surface area contributed by atoms with Crippen LogP contribution in [-0.2, 0) is 0 Å². The number of aliphatic hydroxyl groups excluding tert-OH is 1. The fourth-order valence-corrected chi connectivity index (χ4v) is 2.99. The second-order valence-electron chi connectivity index (χ2n) is 4.95. The quantitative estimate of drug-likeness (QED) is 0.548. The molecule has 0 heterocycles. The van der Waals surface area contributed by atoms with Crippen molar-refractivity contribution in [3.05, 3.63) is 12.2 Å². The van der Waals surface area contributed by atoms with Gasteiger partial charge < -0.3 is 5.11 Å². The number of rotatable bonds is 0. The van der Waals surface area contributed by atoms with Crippen molar-refractivity contribution in [1.29, 1.82) is 0 Å². The first-order valence-corrected chi connectivity index (χ1v) is 4.96. The van der Waals surface area contributed by atoms with Crippen molar-refractivity contribution < 1.29 is 5.11 Å². The number of hydrogen-bond acceptors (Lipinski definition) is 1. The van der Waals surface area contributed by atoms with E-state index in [-0.39, 0.29) is 6.10 Å². The number of hydrogen-bond donors (Lipinski definition) is 1. The van der Waals surface area contributed by atoms with E-state index < -0.39 is 0 Å². The highest BCUT2D eigenvalue weighted by atomic mass is 16.3. The van der Waals surface area contributed by atoms with Gasteiger partial charge in [-0.15, -0.1) is 0 Å². The van der Waals surface area contributed by atoms with Crippen LogP contribution in [0.4, 0.5) is 0 Å². The predicted molar refractivity (Wildman–Crippen MR) is 49.8 cm³/mol. The van der Waals surface area contributed by atoms with E-state index in [1.807, 2.05) is 0 Å². The minimum atomic E-state index is -0.0819. The van der Waals surface area contributed by atoms with Gasteiger partial charge in [-0.3, -0.25) is 0 Å². The molecule has 2 aliphatic rings. The molecule has 0 bridgehead atoms. The van der Waals surface area contributed by atoms with Crippen LogP contribution in [0.15, 0.2) is 12.2 Å². The molecule has 68 valence electrons. The molecular formula is C11H18O. The Hall–Kier alpha value is -0.300. The lowest BCUT2D eigenvalue weighted by Gasteiger charge is -2.31. The van der Waals surface area contributed by atoms with Gasteiger partial charge in [-0.1, -0.05) is 26.0 Å². The molecule has 12 heavy (non-hydrogen) atoms. The highest BCUT2D eigenvalue weighted by Gasteiger charge is 2.46. The smallest absolute Gasteiger partial charge is 0.0610 e. The molecule has 0 radical (unpaired) electrons. The Balaban J connectivity index is 2.25. The van der Waals surface area contributed by atoms with Gasteiger partial charge in [0.2, 0.25) is 0 Å². The van der Waals surface area contributed by atoms with Crippen molar-refractivity contribution in [3.63, 3.8) is 0 Å². The molecule has 0 saturated heterocycles. The lowest BCUT2D eigenvalue weighted by atomic mass is 9.74. The van der Waals surface area contributed by atoms with Crippen LogP contribution < -0.4 is 0 Å². The van der Waals surface area contributed by atoms with Gasteiger partial charge in [-0.25, -0.2) is 0 Å². The zero-order valence-electron chi connectivity index (χ0n) is 7.96. The topological polar surface area (TPSA) is 20.2 Å². The first-order chi connectivity index (χ1) is 5.61. The molecule has 0 amide bonds. The van der Waals surface area contributed by atoms with Crippen molar-refractivity contribution in [3.8, 4) is 0 Å². The summed E-state index contributed by atoms with van der Waals surface area (Å²) < 4.78 is 0. The molecule has 1 fully saturated rings. The molecule has 0 aromatic rings. The second-order valence-corrected chi connectivity index (χ2v) is 4.95. The van der Waals surface area contributed by atoms with E-state index >= 15 is 0 Å². The average Bonchev–Trinajstić information content (AvgIpc) is 2.25. The molecule has 1 heteroatoms. The van der Waals surface area contributed by atoms with Gasteiger partial charge in [0, 0.05) is 5.92 Å². The van der Waals surface area contributed by atoms with E-state index in [9.17, 15) is 5.11 Å². The third kappa shape index (κ3) is 1.11. The SMILES string of the molecule is CC1(C)C[C@H](O)[C@H]2C=CCC[C@H]21. The van der Waals surface area contributed by atoms with Crippen molar-refractivity contribution in [2.75, 3.05) is 0 Å². The van der Waals surface area contributed by atoms with E-state index in [0.29, 0.717) is 11.3 Å². The highest BCUT2D eigenvalue weighted by molar-refractivity contribution is 5.08. The summed E-state index contributed by atoms with van der Waals surface area (Å²) in [6, 6.07) is 0. The first kappa shape index (κ1) is 8.31. The van der Waals surface area contributed by atoms with Crippen molar-refractivity contribution in [1.82, 2.24) is 0 Å². The van der Waals surface area contributed by atoms with Gasteiger partial charge in [0.05, 0.1) is 6.10 Å². The summed E-state index contributed by atoms with van der Waals surface area (Å²) in [7, 11) is 0. The maximum atomic E-state index is 9.81. The minimum absolute atomic E-state index is 0.0819. The molecule has 1 nitrogen and oxygen atoms in total. The summed E-state index contributed by atoms with van der Waals surface area (Å²) in [5, 5.41) is 9.81. The Kier molecular flexibility index (Phi) is 1.80. The van der Waals surface area contributed by atoms with Crippen molar-refractivity contribution >= 4 is 0 Å². The third-order valence-corrected chi connectivity index (χ3v) is 3.65. The standard InChI is InChI=1S/C11H18O/c1-11(2)7-10(12)8-5-3-4-6-9(8)11/h3,5,8-10,12H,4,6-7H2,1-2H3/t8-,9+,10-/m0/s1. The average molecular weight is 166 g/mol. The van der Waals surface area contributed by atoms with Gasteiger partial charge in [0.25, 0.3) is 0 Å². The summed E-state index contributed by atoms with van der Waals surface area (Å²) in [6.07, 6.45) is 7.83. The molecule has 0 spiro atoms. The van der Waals surface area contributed by atoms with E-state index in [1.165, 1.54) is 12.8 Å². The van der Waals surface area contributed by atoms with Crippen LogP contribution in [0.5, 0.6) is 0 Å². The lowest BCUT2D eigenvalue weighted by molar-refractivity contribution is 0.138. The lowest BCUT2D eigenvalue weighted by Crippen LogP contribution is -2.24. The highest BCUT2D eigenvalue weighted by Crippen LogP contribution is 2.50. The van der Waals surface area contributed by atoms with Crippen LogP contribution in [0.3, 0.4) is 0 Å². The van der Waals surface area contributed by atoms with Crippen LogP contribution in [0.1, 0.15) is 33.1 Å². The summed E-state index contributed by atoms with van der Waals surface area (Å²) in [4.78, 5) is 0. The van der Waals surface area contributed by atoms with E-state index in [0.717, 1.165) is 12.3 Å². The molecule has 0 aromatic carbocycles. The van der Waals surface area contributed by atoms with E-state index in [4.69, 9.17) is 0 Å². The molecule has 0 aromatic heterocycles. The van der Waals surface area contributed by atoms with Crippen molar-refractivity contribution in [2.24, 2.45) is 17.3 Å². The maximum Gasteiger partial charge on any atom is 0.0610 e. The zero-order chi connectivity index (χ0) is 8.77. The van der Waals surface area contributed by atoms with Gasteiger partial charge in [0.1, 0.15) is 0 Å². The predicted octanol–water partition coefficient (Wildman–Crippen LogP) is 2.36. The Morgan fingerprint density at radius 3 is 2.83 bits per heavy atom. The van der Waals surface area contributed by atoms with Crippen LogP contribution in [-0.4, -0.2) is 11.2 Å². The summed E-state index contributed by atoms with van der Waals surface area (Å²) in [5.74, 6) is 1.17. The monoisotopic (exact) mass is 166 g/mol. The Labute approximate surface area is 74.5 Å². The Bertz CT molecular complexity index is 205. The van der Waals surface area contributed by atoms with Crippen LogP contribution in [0.25, 0.3) is 0 Å². The van der Waals surface area contributed by atoms with Crippen LogP contribution >= 0.6 is 0 Å². The largest absolute Gasteiger partial charge is 0.392 e. The van der Waals surface area contributed by atoms with Gasteiger partial charge in [0.15, 0.2) is 0 Å². The molecule has 1 saturated carbocycles. The molecule has 2 rings (SSSR count). The molecule has 0 unspecified atom stereocenters. The molecule has 3 atom stereocenters. The zero-order valence-corrected chi connectivity index (χ0v) is 7.96. The normalized spacial score (nSPS) is 44.4. The number of aliphatic hydroxyl groups is 1. The van der Waals surface area contributed by atoms with Crippen molar-refractivity contribution in [2.45, 2.75) is 39.2 Å². The maximum absolute atomic E-state index is 9.81. The van der Waals surface area contributed by atoms with E-state index in [1.54, 1.807) is 0 Å². The van der Waals surface area contributed by atoms with Gasteiger partial charge >= 0.3 is 0 Å². The third-order valence-electron chi connectivity index (χ3n) is 3.65. The fraction of sp³-hybridized carbons (Fsp3) is 0.818. The number of fused-ring (bicyclic) bond motifs is 1. The van der Waals surface area contributed by atoms with E-state index in [2.05, 4.69) is 26.0 Å². The van der Waals surface area contributed by atoms with Crippen LogP contribution in [0.2, 0.25) is 0 Å². The Morgan fingerprint density at radius 2 is 2.17 bits per heavy atom. The number of allylic oxidation sites excluding steroid dienone is 1. The molecular weight excluding hydrogens is 148 g/mol. The van der Waals surface area contributed by atoms with Crippen LogP contribution in [0, 0.1) is 17.3 Å². The summed E-state index contributed by atoms with van der Waals surface area (Å²) in [5.41, 5.74) is 0.356.